The van der Waals surface area contributed by atoms with Crippen molar-refractivity contribution in [2.24, 2.45) is 5.73 Å². The van der Waals surface area contributed by atoms with E-state index >= 15 is 0 Å². The molecule has 5 N–H and O–H groups in total. The molecular weight excluding hydrogens is 529 g/mol. The monoisotopic (exact) mass is 556 g/mol. The third-order valence-corrected chi connectivity index (χ3v) is 6.66. The Bertz CT molecular complexity index is 1380. The zero-order valence-corrected chi connectivity index (χ0v) is 21.9. The lowest BCUT2D eigenvalue weighted by Gasteiger charge is -2.34. The molecule has 1 aliphatic rings. The molecule has 11 heteroatoms. The van der Waals surface area contributed by atoms with Crippen LogP contribution in [0.2, 0.25) is 5.02 Å². The first kappa shape index (κ1) is 28.0. The first-order valence-electron chi connectivity index (χ1n) is 12.1. The number of halogens is 4. The van der Waals surface area contributed by atoms with Gasteiger partial charge in [0.2, 0.25) is 0 Å². The highest BCUT2D eigenvalue weighted by atomic mass is 35.5. The number of nitrogens with two attached hydrogens (primary N) is 1. The maximum absolute atomic E-state index is 13.1. The van der Waals surface area contributed by atoms with Gasteiger partial charge >= 0.3 is 12.2 Å². The Kier molecular flexibility index (Phi) is 8.47. The maximum Gasteiger partial charge on any atom is 0.417 e. The van der Waals surface area contributed by atoms with Gasteiger partial charge < -0.3 is 31.6 Å². The van der Waals surface area contributed by atoms with E-state index in [0.29, 0.717) is 16.9 Å². The van der Waals surface area contributed by atoms with Gasteiger partial charge in [0, 0.05) is 54.5 Å². The number of likely N-dealkylation sites (N-methyl/N-ethyl adjacent to an activating group) is 1. The van der Waals surface area contributed by atoms with Gasteiger partial charge in [-0.05, 0) is 61.2 Å². The number of benzene rings is 3. The minimum Gasteiger partial charge on any atom is -0.398 e. The Morgan fingerprint density at radius 3 is 2.26 bits per heavy atom. The second-order valence-electron chi connectivity index (χ2n) is 9.20. The lowest BCUT2D eigenvalue weighted by Crippen LogP contribution is -2.44. The van der Waals surface area contributed by atoms with Gasteiger partial charge in [0.05, 0.1) is 16.3 Å². The van der Waals surface area contributed by atoms with Gasteiger partial charge in [0.15, 0.2) is 0 Å². The smallest absolute Gasteiger partial charge is 0.398 e. The zero-order chi connectivity index (χ0) is 28.2. The summed E-state index contributed by atoms with van der Waals surface area (Å²) in [4.78, 5) is 16.9. The molecule has 1 aliphatic heterocycles. The summed E-state index contributed by atoms with van der Waals surface area (Å²) in [6, 6.07) is 16.8. The van der Waals surface area contributed by atoms with Gasteiger partial charge in [-0.15, -0.1) is 0 Å². The molecule has 1 heterocycles. The average Bonchev–Trinajstić information content (AvgIpc) is 2.90. The predicted molar refractivity (Wildman–Crippen MR) is 151 cm³/mol. The number of alkyl halides is 3. The molecule has 2 amide bonds. The molecule has 3 aromatic carbocycles. The highest BCUT2D eigenvalue weighted by molar-refractivity contribution is 6.31. The number of nitrogens with one attached hydrogen (secondary N) is 3. The molecule has 1 saturated heterocycles. The molecule has 0 saturated carbocycles. The van der Waals surface area contributed by atoms with E-state index in [1.54, 1.807) is 30.3 Å². The van der Waals surface area contributed by atoms with E-state index in [9.17, 15) is 18.0 Å². The molecule has 204 valence electrons. The third kappa shape index (κ3) is 7.30. The van der Waals surface area contributed by atoms with E-state index in [1.165, 1.54) is 6.07 Å². The average molecular weight is 557 g/mol. The van der Waals surface area contributed by atoms with E-state index in [2.05, 4.69) is 27.5 Å². The van der Waals surface area contributed by atoms with Crippen molar-refractivity contribution >= 4 is 46.1 Å². The first-order valence-corrected chi connectivity index (χ1v) is 12.5. The van der Waals surface area contributed by atoms with Crippen LogP contribution < -0.4 is 21.3 Å². The van der Waals surface area contributed by atoms with Crippen molar-refractivity contribution in [3.63, 3.8) is 0 Å². The highest BCUT2D eigenvalue weighted by Crippen LogP contribution is 2.36. The fourth-order valence-corrected chi connectivity index (χ4v) is 4.34. The molecule has 0 bridgehead atoms. The van der Waals surface area contributed by atoms with Crippen LogP contribution in [-0.2, 0) is 6.18 Å². The molecule has 39 heavy (non-hydrogen) atoms. The summed E-state index contributed by atoms with van der Waals surface area (Å²) in [5.41, 5.74) is 8.68. The van der Waals surface area contributed by atoms with Gasteiger partial charge in [0.1, 0.15) is 0 Å². The second-order valence-corrected chi connectivity index (χ2v) is 9.61. The Balaban J connectivity index is 1.38. The Labute approximate surface area is 229 Å². The molecule has 7 nitrogen and oxygen atoms in total. The normalized spacial score (nSPS) is 14.7. The Hall–Kier alpha value is -4.02. The number of amides is 2. The molecule has 0 unspecified atom stereocenters. The number of hydrogen-bond donors (Lipinski definition) is 4. The maximum atomic E-state index is 13.1. The molecule has 0 spiro atoms. The van der Waals surface area contributed by atoms with Crippen LogP contribution in [0.5, 0.6) is 0 Å². The van der Waals surface area contributed by atoms with Gasteiger partial charge in [0.25, 0.3) is 0 Å². The lowest BCUT2D eigenvalue weighted by molar-refractivity contribution is -0.137. The van der Waals surface area contributed by atoms with E-state index in [4.69, 9.17) is 22.7 Å². The van der Waals surface area contributed by atoms with Crippen LogP contribution in [0.25, 0.3) is 5.70 Å². The topological polar surface area (TPSA) is 97.5 Å². The van der Waals surface area contributed by atoms with Crippen molar-refractivity contribution in [1.29, 1.82) is 5.41 Å². The third-order valence-electron chi connectivity index (χ3n) is 6.33. The zero-order valence-electron chi connectivity index (χ0n) is 21.1. The summed E-state index contributed by atoms with van der Waals surface area (Å²) >= 11 is 5.62. The van der Waals surface area contributed by atoms with Crippen molar-refractivity contribution < 1.29 is 18.0 Å². The summed E-state index contributed by atoms with van der Waals surface area (Å²) in [7, 11) is 2.10. The molecule has 0 radical (unpaired) electrons. The van der Waals surface area contributed by atoms with Crippen molar-refractivity contribution in [2.75, 3.05) is 48.8 Å². The van der Waals surface area contributed by atoms with Crippen LogP contribution in [0, 0.1) is 5.41 Å². The summed E-state index contributed by atoms with van der Waals surface area (Å²) in [6.07, 6.45) is -3.06. The highest BCUT2D eigenvalue weighted by Gasteiger charge is 2.33. The van der Waals surface area contributed by atoms with Crippen LogP contribution in [0.3, 0.4) is 0 Å². The summed E-state index contributed by atoms with van der Waals surface area (Å²) in [5.74, 6) is 0. The number of nitrogens with zero attached hydrogens (tertiary/aromatic N) is 2. The van der Waals surface area contributed by atoms with Crippen LogP contribution in [0.4, 0.5) is 35.0 Å². The van der Waals surface area contributed by atoms with Gasteiger partial charge in [-0.3, -0.25) is 0 Å². The quantitative estimate of drug-likeness (QED) is 0.275. The van der Waals surface area contributed by atoms with Crippen LogP contribution in [0.1, 0.15) is 16.7 Å². The predicted octanol–water partition coefficient (Wildman–Crippen LogP) is 6.12. The first-order chi connectivity index (χ1) is 18.5. The van der Waals surface area contributed by atoms with Crippen molar-refractivity contribution in [2.45, 2.75) is 6.18 Å². The van der Waals surface area contributed by atoms with Gasteiger partial charge in [-0.2, -0.15) is 13.2 Å². The minimum absolute atomic E-state index is 0.0526. The largest absolute Gasteiger partial charge is 0.417 e. The number of carbonyl (C=O) groups excluding carboxylic acids is 1. The SMILES string of the molecule is CN1CCN(c2cccc(C(=N)/C=C(\N)c3ccc(NC(=O)Nc4ccc(Cl)c(C(F)(F)F)c4)cc3)c2)CC1. The molecule has 1 fully saturated rings. The molecule has 4 rings (SSSR count). The van der Waals surface area contributed by atoms with Crippen molar-refractivity contribution in [3.8, 4) is 0 Å². The molecule has 3 aromatic rings. The van der Waals surface area contributed by atoms with Crippen LogP contribution in [-0.4, -0.2) is 49.9 Å². The second kappa shape index (κ2) is 11.8. The number of carbonyl (C=O) groups is 1. The number of hydrogen-bond acceptors (Lipinski definition) is 5. The van der Waals surface area contributed by atoms with Gasteiger partial charge in [-0.25, -0.2) is 4.79 Å². The van der Waals surface area contributed by atoms with Crippen LogP contribution in [0.15, 0.2) is 72.8 Å². The summed E-state index contributed by atoms with van der Waals surface area (Å²) in [6.45, 7) is 3.83. The van der Waals surface area contributed by atoms with Crippen molar-refractivity contribution in [1.82, 2.24) is 4.90 Å². The van der Waals surface area contributed by atoms with E-state index < -0.39 is 22.8 Å². The minimum atomic E-state index is -4.64. The molecule has 0 aromatic heterocycles. The standard InChI is InChI=1S/C28H28ClF3N6O/c1-37-11-13-38(14-12-37)22-4-2-3-19(15-22)26(34)17-25(33)18-5-7-20(8-6-18)35-27(39)36-21-9-10-24(29)23(16-21)28(30,31)32/h2-10,15-17,34H,11-14,33H2,1H3,(H2,35,36,39)/b25-17-,34-26?. The summed E-state index contributed by atoms with van der Waals surface area (Å²) < 4.78 is 39.2. The van der Waals surface area contributed by atoms with E-state index in [-0.39, 0.29) is 11.4 Å². The van der Waals surface area contributed by atoms with E-state index in [0.717, 1.165) is 49.6 Å². The number of allylic oxidation sites excluding steroid dienone is 1. The van der Waals surface area contributed by atoms with Crippen LogP contribution >= 0.6 is 11.6 Å². The lowest BCUT2D eigenvalue weighted by atomic mass is 10.0. The fraction of sp³-hybridized carbons (Fsp3) is 0.214. The van der Waals surface area contributed by atoms with Crippen molar-refractivity contribution in [3.05, 3.63) is 94.5 Å². The number of piperazine rings is 1. The Morgan fingerprint density at radius 1 is 0.949 bits per heavy atom. The van der Waals surface area contributed by atoms with E-state index in [1.807, 2.05) is 24.3 Å². The molecule has 0 aliphatic carbocycles. The molecular formula is C28H28ClF3N6O. The number of urea groups is 1. The fourth-order valence-electron chi connectivity index (χ4n) is 4.12. The Morgan fingerprint density at radius 2 is 1.59 bits per heavy atom. The number of rotatable bonds is 6. The van der Waals surface area contributed by atoms with Gasteiger partial charge in [-0.1, -0.05) is 35.9 Å². The number of anilines is 3. The summed E-state index contributed by atoms with van der Waals surface area (Å²) in [5, 5.41) is 13.0. The molecule has 0 atom stereocenters.